The van der Waals surface area contributed by atoms with E-state index < -0.39 is 0 Å². The first-order valence-corrected chi connectivity index (χ1v) is 7.35. The van der Waals surface area contributed by atoms with Gasteiger partial charge in [0.15, 0.2) is 0 Å². The molecule has 0 unspecified atom stereocenters. The Balaban J connectivity index is 1.96. The average Bonchev–Trinajstić information content (AvgIpc) is 2.56. The number of hydrogen-bond donors (Lipinski definition) is 0. The Morgan fingerprint density at radius 2 is 1.24 bits per heavy atom. The lowest BCUT2D eigenvalue weighted by molar-refractivity contribution is 0.867. The first kappa shape index (κ1) is 13.6. The lowest BCUT2D eigenvalue weighted by Gasteiger charge is -2.08. The summed E-state index contributed by atoms with van der Waals surface area (Å²) in [4.78, 5) is 4.39. The molecule has 1 heteroatoms. The highest BCUT2D eigenvalue weighted by Gasteiger charge is 2.03. The molecule has 21 heavy (non-hydrogen) atoms. The van der Waals surface area contributed by atoms with E-state index in [4.69, 9.17) is 0 Å². The van der Waals surface area contributed by atoms with Gasteiger partial charge in [-0.05, 0) is 28.7 Å². The summed E-state index contributed by atoms with van der Waals surface area (Å²) in [6.45, 7) is 4.43. The van der Waals surface area contributed by atoms with Gasteiger partial charge in [0, 0.05) is 23.5 Å². The van der Waals surface area contributed by atoms with Crippen LogP contribution in [0.3, 0.4) is 0 Å². The van der Waals surface area contributed by atoms with Crippen molar-refractivity contribution in [3.63, 3.8) is 0 Å². The zero-order valence-electron chi connectivity index (χ0n) is 12.5. The number of rotatable bonds is 3. The molecule has 1 aromatic heterocycles. The molecule has 3 rings (SSSR count). The predicted octanol–water partition coefficient (Wildman–Crippen LogP) is 5.54. The number of nitrogens with zero attached hydrogens (tertiary/aromatic N) is 1. The zero-order valence-corrected chi connectivity index (χ0v) is 12.5. The van der Waals surface area contributed by atoms with Crippen LogP contribution in [0, 0.1) is 0 Å². The molecule has 0 spiro atoms. The Hall–Kier alpha value is -2.41. The molecule has 0 radical (unpaired) electrons. The van der Waals surface area contributed by atoms with Gasteiger partial charge < -0.3 is 0 Å². The van der Waals surface area contributed by atoms with Crippen molar-refractivity contribution in [1.29, 1.82) is 0 Å². The number of aromatic nitrogens is 1. The molecule has 0 aliphatic rings. The first-order valence-electron chi connectivity index (χ1n) is 7.35. The van der Waals surface area contributed by atoms with E-state index in [2.05, 4.69) is 73.4 Å². The van der Waals surface area contributed by atoms with Gasteiger partial charge >= 0.3 is 0 Å². The van der Waals surface area contributed by atoms with Crippen molar-refractivity contribution in [3.05, 3.63) is 78.6 Å². The van der Waals surface area contributed by atoms with Gasteiger partial charge in [-0.1, -0.05) is 68.4 Å². The normalized spacial score (nSPS) is 10.8. The number of pyridine rings is 1. The highest BCUT2D eigenvalue weighted by atomic mass is 14.6. The summed E-state index contributed by atoms with van der Waals surface area (Å²) in [5, 5.41) is 0. The van der Waals surface area contributed by atoms with E-state index in [1.54, 1.807) is 0 Å². The lowest BCUT2D eigenvalue weighted by Crippen LogP contribution is -1.88. The van der Waals surface area contributed by atoms with E-state index in [1.165, 1.54) is 16.7 Å². The van der Waals surface area contributed by atoms with Crippen LogP contribution < -0.4 is 0 Å². The average molecular weight is 273 g/mol. The second-order valence-corrected chi connectivity index (χ2v) is 5.61. The van der Waals surface area contributed by atoms with E-state index in [0.29, 0.717) is 5.92 Å². The van der Waals surface area contributed by atoms with Crippen molar-refractivity contribution >= 4 is 0 Å². The van der Waals surface area contributed by atoms with Crippen molar-refractivity contribution in [2.24, 2.45) is 0 Å². The van der Waals surface area contributed by atoms with Crippen molar-refractivity contribution in [2.45, 2.75) is 19.8 Å². The number of benzene rings is 2. The minimum absolute atomic E-state index is 0.563. The Kier molecular flexibility index (Phi) is 3.83. The maximum absolute atomic E-state index is 4.39. The van der Waals surface area contributed by atoms with Gasteiger partial charge in [0.2, 0.25) is 0 Å². The molecule has 3 aromatic rings. The third kappa shape index (κ3) is 3.03. The van der Waals surface area contributed by atoms with E-state index in [0.717, 1.165) is 11.1 Å². The summed E-state index contributed by atoms with van der Waals surface area (Å²) < 4.78 is 0. The summed E-state index contributed by atoms with van der Waals surface area (Å²) in [6, 6.07) is 21.3. The summed E-state index contributed by atoms with van der Waals surface area (Å²) in [7, 11) is 0. The van der Waals surface area contributed by atoms with Gasteiger partial charge in [-0.15, -0.1) is 0 Å². The highest BCUT2D eigenvalue weighted by molar-refractivity contribution is 5.71. The van der Waals surface area contributed by atoms with E-state index in [9.17, 15) is 0 Å². The molecule has 1 nitrogen and oxygen atoms in total. The minimum Gasteiger partial charge on any atom is -0.263 e. The van der Waals surface area contributed by atoms with Gasteiger partial charge in [0.25, 0.3) is 0 Å². The Morgan fingerprint density at radius 1 is 0.667 bits per heavy atom. The van der Waals surface area contributed by atoms with Crippen LogP contribution in [0.1, 0.15) is 25.3 Å². The Morgan fingerprint density at radius 3 is 1.81 bits per heavy atom. The lowest BCUT2D eigenvalue weighted by atomic mass is 9.98. The molecule has 104 valence electrons. The van der Waals surface area contributed by atoms with Crippen LogP contribution in [0.5, 0.6) is 0 Å². The van der Waals surface area contributed by atoms with Crippen LogP contribution in [0.15, 0.2) is 73.1 Å². The number of hydrogen-bond acceptors (Lipinski definition) is 1. The Labute approximate surface area is 126 Å². The van der Waals surface area contributed by atoms with Gasteiger partial charge in [-0.2, -0.15) is 0 Å². The van der Waals surface area contributed by atoms with E-state index >= 15 is 0 Å². The van der Waals surface area contributed by atoms with Crippen LogP contribution in [0.25, 0.3) is 22.3 Å². The third-order valence-corrected chi connectivity index (χ3v) is 3.76. The summed E-state index contributed by atoms with van der Waals surface area (Å²) >= 11 is 0. The van der Waals surface area contributed by atoms with Crippen LogP contribution in [0.4, 0.5) is 0 Å². The molecule has 0 aliphatic carbocycles. The zero-order chi connectivity index (χ0) is 14.7. The third-order valence-electron chi connectivity index (χ3n) is 3.76. The minimum atomic E-state index is 0.563. The molecule has 0 bridgehead atoms. The van der Waals surface area contributed by atoms with Crippen molar-refractivity contribution in [2.75, 3.05) is 0 Å². The molecule has 0 aliphatic heterocycles. The molecule has 0 atom stereocenters. The topological polar surface area (TPSA) is 12.9 Å². The highest BCUT2D eigenvalue weighted by Crippen LogP contribution is 2.26. The predicted molar refractivity (Wildman–Crippen MR) is 89.2 cm³/mol. The molecule has 2 aromatic carbocycles. The smallest absolute Gasteiger partial charge is 0.0346 e. The fraction of sp³-hybridized carbons (Fsp3) is 0.150. The van der Waals surface area contributed by atoms with E-state index in [-0.39, 0.29) is 0 Å². The molecular formula is C20H19N. The second kappa shape index (κ2) is 5.92. The SMILES string of the molecule is CC(C)c1ccc(-c2cncc(-c3ccccc3)c2)cc1. The van der Waals surface area contributed by atoms with Crippen LogP contribution in [-0.2, 0) is 0 Å². The molecule has 1 heterocycles. The fourth-order valence-electron chi connectivity index (χ4n) is 2.45. The second-order valence-electron chi connectivity index (χ2n) is 5.61. The first-order chi connectivity index (χ1) is 10.2. The molecule has 0 fully saturated rings. The quantitative estimate of drug-likeness (QED) is 0.610. The largest absolute Gasteiger partial charge is 0.263 e. The molecular weight excluding hydrogens is 254 g/mol. The fourth-order valence-corrected chi connectivity index (χ4v) is 2.45. The standard InChI is InChI=1S/C20H19N/c1-15(2)16-8-10-18(11-9-16)20-12-19(13-21-14-20)17-6-4-3-5-7-17/h3-15H,1-2H3. The van der Waals surface area contributed by atoms with Crippen molar-refractivity contribution in [3.8, 4) is 22.3 Å². The van der Waals surface area contributed by atoms with Crippen LogP contribution >= 0.6 is 0 Å². The molecule has 0 amide bonds. The molecule has 0 N–H and O–H groups in total. The van der Waals surface area contributed by atoms with Crippen LogP contribution in [-0.4, -0.2) is 4.98 Å². The van der Waals surface area contributed by atoms with Gasteiger partial charge in [0.1, 0.15) is 0 Å². The molecule has 0 saturated heterocycles. The van der Waals surface area contributed by atoms with Crippen molar-refractivity contribution in [1.82, 2.24) is 4.98 Å². The van der Waals surface area contributed by atoms with Gasteiger partial charge in [-0.3, -0.25) is 4.98 Å². The molecule has 0 saturated carbocycles. The maximum atomic E-state index is 4.39. The monoisotopic (exact) mass is 273 g/mol. The van der Waals surface area contributed by atoms with Crippen molar-refractivity contribution < 1.29 is 0 Å². The summed E-state index contributed by atoms with van der Waals surface area (Å²) in [6.07, 6.45) is 3.85. The summed E-state index contributed by atoms with van der Waals surface area (Å²) in [5.41, 5.74) is 6.09. The van der Waals surface area contributed by atoms with Gasteiger partial charge in [-0.25, -0.2) is 0 Å². The van der Waals surface area contributed by atoms with Crippen LogP contribution in [0.2, 0.25) is 0 Å². The summed E-state index contributed by atoms with van der Waals surface area (Å²) in [5.74, 6) is 0.563. The van der Waals surface area contributed by atoms with E-state index in [1.807, 2.05) is 18.5 Å². The van der Waals surface area contributed by atoms with Gasteiger partial charge in [0.05, 0.1) is 0 Å². The Bertz CT molecular complexity index is 712. The maximum Gasteiger partial charge on any atom is 0.0346 e.